The third-order valence-electron chi connectivity index (χ3n) is 4.38. The highest BCUT2D eigenvalue weighted by Gasteiger charge is 2.17. The Morgan fingerprint density at radius 2 is 1.83 bits per heavy atom. The van der Waals surface area contributed by atoms with Crippen molar-refractivity contribution in [2.45, 2.75) is 0 Å². The predicted octanol–water partition coefficient (Wildman–Crippen LogP) is 4.63. The van der Waals surface area contributed by atoms with Crippen LogP contribution in [0.3, 0.4) is 0 Å². The summed E-state index contributed by atoms with van der Waals surface area (Å²) < 4.78 is 5.25. The summed E-state index contributed by atoms with van der Waals surface area (Å²) in [4.78, 5) is 29.6. The number of pyridine rings is 1. The molecule has 4 rings (SSSR count). The molecule has 30 heavy (non-hydrogen) atoms. The average molecular weight is 413 g/mol. The second kappa shape index (κ2) is 8.55. The van der Waals surface area contributed by atoms with Crippen molar-refractivity contribution in [3.63, 3.8) is 0 Å². The lowest BCUT2D eigenvalue weighted by molar-refractivity contribution is -0.119. The SMILES string of the molecule is N#Cc1ccsc1NC(=O)COC(=O)c1cc(-c2ccccc2)nc2ccccc12. The van der Waals surface area contributed by atoms with Gasteiger partial charge >= 0.3 is 5.97 Å². The van der Waals surface area contributed by atoms with E-state index in [4.69, 9.17) is 10.00 Å². The molecule has 1 N–H and O–H groups in total. The minimum absolute atomic E-state index is 0.334. The maximum atomic E-state index is 12.8. The van der Waals surface area contributed by atoms with Gasteiger partial charge in [0.15, 0.2) is 6.61 Å². The number of carbonyl (C=O) groups is 2. The number of fused-ring (bicyclic) bond motifs is 1. The van der Waals surface area contributed by atoms with Gasteiger partial charge in [-0.1, -0.05) is 48.5 Å². The molecule has 0 aliphatic rings. The van der Waals surface area contributed by atoms with Gasteiger partial charge < -0.3 is 10.1 Å². The number of para-hydroxylation sites is 1. The topological polar surface area (TPSA) is 92.1 Å². The Bertz CT molecular complexity index is 1280. The van der Waals surface area contributed by atoms with Crippen LogP contribution in [0.5, 0.6) is 0 Å². The summed E-state index contributed by atoms with van der Waals surface area (Å²) in [5.74, 6) is -1.13. The fourth-order valence-electron chi connectivity index (χ4n) is 2.97. The number of nitrogens with one attached hydrogen (secondary N) is 1. The van der Waals surface area contributed by atoms with Gasteiger partial charge in [0.05, 0.1) is 22.3 Å². The van der Waals surface area contributed by atoms with E-state index < -0.39 is 18.5 Å². The molecular formula is C23H15N3O3S. The Balaban J connectivity index is 1.57. The van der Waals surface area contributed by atoms with Gasteiger partial charge in [0.1, 0.15) is 11.1 Å². The lowest BCUT2D eigenvalue weighted by Gasteiger charge is -2.10. The van der Waals surface area contributed by atoms with E-state index in [1.807, 2.05) is 54.6 Å². The Hall–Kier alpha value is -4.02. The van der Waals surface area contributed by atoms with Crippen LogP contribution < -0.4 is 5.32 Å². The smallest absolute Gasteiger partial charge is 0.339 e. The standard InChI is InChI=1S/C23H15N3O3S/c24-13-16-10-11-30-22(16)26-21(27)14-29-23(28)18-12-20(15-6-2-1-3-7-15)25-19-9-5-4-8-17(18)19/h1-12H,14H2,(H,26,27). The number of hydrogen-bond donors (Lipinski definition) is 1. The molecule has 0 aliphatic heterocycles. The fourth-order valence-corrected chi connectivity index (χ4v) is 3.72. The summed E-state index contributed by atoms with van der Waals surface area (Å²) in [6, 6.07) is 22.1. The molecule has 0 bridgehead atoms. The van der Waals surface area contributed by atoms with Gasteiger partial charge in [-0.3, -0.25) is 4.79 Å². The van der Waals surface area contributed by atoms with Gasteiger partial charge in [-0.05, 0) is 23.6 Å². The predicted molar refractivity (Wildman–Crippen MR) is 115 cm³/mol. The summed E-state index contributed by atoms with van der Waals surface area (Å²) in [6.45, 7) is -0.459. The van der Waals surface area contributed by atoms with Crippen molar-refractivity contribution < 1.29 is 14.3 Å². The van der Waals surface area contributed by atoms with E-state index in [-0.39, 0.29) is 0 Å². The van der Waals surface area contributed by atoms with Gasteiger partial charge in [0.2, 0.25) is 0 Å². The molecule has 146 valence electrons. The van der Waals surface area contributed by atoms with Gasteiger partial charge in [-0.25, -0.2) is 9.78 Å². The number of nitrogens with zero attached hydrogens (tertiary/aromatic N) is 2. The number of benzene rings is 2. The first-order chi connectivity index (χ1) is 14.7. The number of anilines is 1. The molecule has 0 unspecified atom stereocenters. The number of hydrogen-bond acceptors (Lipinski definition) is 6. The third kappa shape index (κ3) is 4.04. The lowest BCUT2D eigenvalue weighted by atomic mass is 10.0. The summed E-state index contributed by atoms with van der Waals surface area (Å²) in [6.07, 6.45) is 0. The van der Waals surface area contributed by atoms with E-state index in [0.29, 0.717) is 32.7 Å². The number of rotatable bonds is 5. The molecule has 0 radical (unpaired) electrons. The van der Waals surface area contributed by atoms with Crippen LogP contribution >= 0.6 is 11.3 Å². The minimum atomic E-state index is -0.618. The number of ether oxygens (including phenoxy) is 1. The van der Waals surface area contributed by atoms with Crippen LogP contribution in [0.25, 0.3) is 22.2 Å². The average Bonchev–Trinajstić information content (AvgIpc) is 3.24. The third-order valence-corrected chi connectivity index (χ3v) is 5.21. The number of amides is 1. The van der Waals surface area contributed by atoms with Crippen LogP contribution in [-0.2, 0) is 9.53 Å². The molecule has 2 aromatic carbocycles. The van der Waals surface area contributed by atoms with Crippen molar-refractivity contribution in [1.29, 1.82) is 5.26 Å². The van der Waals surface area contributed by atoms with E-state index >= 15 is 0 Å². The lowest BCUT2D eigenvalue weighted by Crippen LogP contribution is -2.21. The summed E-state index contributed by atoms with van der Waals surface area (Å²) >= 11 is 1.23. The van der Waals surface area contributed by atoms with E-state index in [0.717, 1.165) is 5.56 Å². The molecule has 2 aromatic heterocycles. The molecule has 0 fully saturated rings. The number of thiophene rings is 1. The van der Waals surface area contributed by atoms with Crippen molar-refractivity contribution in [3.05, 3.63) is 83.2 Å². The van der Waals surface area contributed by atoms with Crippen LogP contribution in [-0.4, -0.2) is 23.5 Å². The van der Waals surface area contributed by atoms with Crippen molar-refractivity contribution >= 4 is 39.1 Å². The highest BCUT2D eigenvalue weighted by molar-refractivity contribution is 7.14. The number of carbonyl (C=O) groups excluding carboxylic acids is 2. The van der Waals surface area contributed by atoms with Gasteiger partial charge in [-0.15, -0.1) is 11.3 Å². The quantitative estimate of drug-likeness (QED) is 0.482. The zero-order valence-corrected chi connectivity index (χ0v) is 16.5. The highest BCUT2D eigenvalue weighted by Crippen LogP contribution is 2.25. The molecule has 6 nitrogen and oxygen atoms in total. The molecule has 0 spiro atoms. The van der Waals surface area contributed by atoms with E-state index in [1.165, 1.54) is 11.3 Å². The monoisotopic (exact) mass is 413 g/mol. The molecular weight excluding hydrogens is 398 g/mol. The van der Waals surface area contributed by atoms with Crippen LogP contribution in [0, 0.1) is 11.3 Å². The number of aromatic nitrogens is 1. The van der Waals surface area contributed by atoms with Crippen LogP contribution in [0.15, 0.2) is 72.1 Å². The Labute approximate surface area is 176 Å². The van der Waals surface area contributed by atoms with E-state index in [2.05, 4.69) is 10.3 Å². The van der Waals surface area contributed by atoms with Crippen LogP contribution in [0.1, 0.15) is 15.9 Å². The van der Waals surface area contributed by atoms with Gasteiger partial charge in [-0.2, -0.15) is 5.26 Å². The van der Waals surface area contributed by atoms with Crippen molar-refractivity contribution in [1.82, 2.24) is 4.98 Å². The first kappa shape index (κ1) is 19.3. The molecule has 1 amide bonds. The van der Waals surface area contributed by atoms with E-state index in [9.17, 15) is 9.59 Å². The molecule has 2 heterocycles. The van der Waals surface area contributed by atoms with Gasteiger partial charge in [0, 0.05) is 10.9 Å². The molecule has 0 saturated carbocycles. The zero-order chi connectivity index (χ0) is 20.9. The van der Waals surface area contributed by atoms with E-state index in [1.54, 1.807) is 23.6 Å². The summed E-state index contributed by atoms with van der Waals surface area (Å²) in [5.41, 5.74) is 2.88. The second-order valence-electron chi connectivity index (χ2n) is 6.34. The van der Waals surface area contributed by atoms with Crippen molar-refractivity contribution in [2.75, 3.05) is 11.9 Å². The number of esters is 1. The largest absolute Gasteiger partial charge is 0.452 e. The highest BCUT2D eigenvalue weighted by atomic mass is 32.1. The summed E-state index contributed by atoms with van der Waals surface area (Å²) in [7, 11) is 0. The molecule has 0 atom stereocenters. The minimum Gasteiger partial charge on any atom is -0.452 e. The molecule has 4 aromatic rings. The Morgan fingerprint density at radius 1 is 1.07 bits per heavy atom. The summed E-state index contributed by atoms with van der Waals surface area (Å²) in [5, 5.41) is 14.4. The first-order valence-corrected chi connectivity index (χ1v) is 9.93. The van der Waals surface area contributed by atoms with Crippen LogP contribution in [0.4, 0.5) is 5.00 Å². The van der Waals surface area contributed by atoms with Crippen molar-refractivity contribution in [2.24, 2.45) is 0 Å². The molecule has 0 aliphatic carbocycles. The normalized spacial score (nSPS) is 10.4. The van der Waals surface area contributed by atoms with Crippen molar-refractivity contribution in [3.8, 4) is 17.3 Å². The second-order valence-corrected chi connectivity index (χ2v) is 7.25. The molecule has 0 saturated heterocycles. The maximum Gasteiger partial charge on any atom is 0.339 e. The number of nitriles is 1. The van der Waals surface area contributed by atoms with Gasteiger partial charge in [0.25, 0.3) is 5.91 Å². The zero-order valence-electron chi connectivity index (χ0n) is 15.7. The maximum absolute atomic E-state index is 12.8. The Kier molecular flexibility index (Phi) is 5.50. The molecule has 7 heteroatoms. The first-order valence-electron chi connectivity index (χ1n) is 9.05. The Morgan fingerprint density at radius 3 is 2.63 bits per heavy atom. The fraction of sp³-hybridized carbons (Fsp3) is 0.0435. The van der Waals surface area contributed by atoms with Crippen LogP contribution in [0.2, 0.25) is 0 Å².